The summed E-state index contributed by atoms with van der Waals surface area (Å²) in [4.78, 5) is 0. The Balaban J connectivity index is 2.31. The summed E-state index contributed by atoms with van der Waals surface area (Å²) in [5.41, 5.74) is 6.27. The van der Waals surface area contributed by atoms with Gasteiger partial charge in [-0.15, -0.1) is 0 Å². The summed E-state index contributed by atoms with van der Waals surface area (Å²) < 4.78 is 2.22. The van der Waals surface area contributed by atoms with Crippen LogP contribution in [0, 0.1) is 10.5 Å². The summed E-state index contributed by atoms with van der Waals surface area (Å²) in [6, 6.07) is 12.3. The van der Waals surface area contributed by atoms with Crippen molar-refractivity contribution in [2.45, 2.75) is 19.4 Å². The minimum absolute atomic E-state index is 0.0132. The van der Waals surface area contributed by atoms with Crippen molar-refractivity contribution in [3.05, 3.63) is 66.2 Å². The number of aryl methyl sites for hydroxylation is 1. The first-order chi connectivity index (χ1) is 9.51. The van der Waals surface area contributed by atoms with Gasteiger partial charge in [0.15, 0.2) is 0 Å². The number of hydrogen-bond acceptors (Lipinski definition) is 2. The molecule has 3 N–H and O–H groups in total. The number of nitrogens with two attached hydrogens (primary N) is 1. The molecular formula is C15H15BrClIN2. The van der Waals surface area contributed by atoms with E-state index in [1.807, 2.05) is 19.1 Å². The lowest BCUT2D eigenvalue weighted by Crippen LogP contribution is -2.30. The molecule has 106 valence electrons. The minimum atomic E-state index is 0.0132. The number of hydrazine groups is 1. The van der Waals surface area contributed by atoms with E-state index >= 15 is 0 Å². The smallest absolute Gasteiger partial charge is 0.0512 e. The van der Waals surface area contributed by atoms with Gasteiger partial charge in [-0.05, 0) is 76.9 Å². The Hall–Kier alpha value is -0.140. The summed E-state index contributed by atoms with van der Waals surface area (Å²) >= 11 is 12.2. The van der Waals surface area contributed by atoms with Crippen LogP contribution in [0.4, 0.5) is 0 Å². The molecule has 2 aromatic carbocycles. The van der Waals surface area contributed by atoms with Gasteiger partial charge in [0.05, 0.1) is 6.04 Å². The Labute approximate surface area is 146 Å². The molecule has 0 heterocycles. The van der Waals surface area contributed by atoms with Crippen molar-refractivity contribution in [3.63, 3.8) is 0 Å². The van der Waals surface area contributed by atoms with Gasteiger partial charge in [0.2, 0.25) is 0 Å². The molecule has 0 saturated carbocycles. The maximum atomic E-state index is 6.31. The average molecular weight is 466 g/mol. The molecule has 0 bridgehead atoms. The van der Waals surface area contributed by atoms with Crippen molar-refractivity contribution in [3.8, 4) is 0 Å². The second kappa shape index (κ2) is 7.22. The Morgan fingerprint density at radius 2 is 2.05 bits per heavy atom. The molecule has 0 spiro atoms. The molecule has 5 heteroatoms. The van der Waals surface area contributed by atoms with Crippen LogP contribution in [0.5, 0.6) is 0 Å². The monoisotopic (exact) mass is 464 g/mol. The van der Waals surface area contributed by atoms with E-state index in [0.717, 1.165) is 32.6 Å². The summed E-state index contributed by atoms with van der Waals surface area (Å²) in [7, 11) is 0. The molecule has 0 saturated heterocycles. The van der Waals surface area contributed by atoms with E-state index in [-0.39, 0.29) is 6.04 Å². The van der Waals surface area contributed by atoms with Gasteiger partial charge < -0.3 is 0 Å². The summed E-state index contributed by atoms with van der Waals surface area (Å²) in [5.74, 6) is 5.74. The molecule has 0 aliphatic carbocycles. The number of benzene rings is 2. The van der Waals surface area contributed by atoms with Crippen LogP contribution in [-0.4, -0.2) is 0 Å². The highest BCUT2D eigenvalue weighted by Crippen LogP contribution is 2.29. The molecule has 0 amide bonds. The summed E-state index contributed by atoms with van der Waals surface area (Å²) in [6.07, 6.45) is 0.744. The van der Waals surface area contributed by atoms with Crippen molar-refractivity contribution < 1.29 is 0 Å². The van der Waals surface area contributed by atoms with Gasteiger partial charge >= 0.3 is 0 Å². The van der Waals surface area contributed by atoms with Crippen LogP contribution in [0.1, 0.15) is 22.7 Å². The van der Waals surface area contributed by atoms with E-state index in [1.165, 1.54) is 3.57 Å². The molecule has 0 fully saturated rings. The molecular weight excluding hydrogens is 450 g/mol. The normalized spacial score (nSPS) is 12.4. The Kier molecular flexibility index (Phi) is 5.86. The fourth-order valence-electron chi connectivity index (χ4n) is 2.08. The maximum absolute atomic E-state index is 6.31. The SMILES string of the molecule is Cc1ccc(CC(NN)c2cc(I)ccc2Br)c(Cl)c1. The van der Waals surface area contributed by atoms with Crippen LogP contribution in [0.25, 0.3) is 0 Å². The molecule has 0 aliphatic rings. The van der Waals surface area contributed by atoms with Gasteiger partial charge in [-0.2, -0.15) is 0 Å². The van der Waals surface area contributed by atoms with Gasteiger partial charge in [-0.25, -0.2) is 0 Å². The predicted octanol–water partition coefficient (Wildman–Crippen LogP) is 4.76. The summed E-state index contributed by atoms with van der Waals surface area (Å²) in [5, 5.41) is 0.784. The van der Waals surface area contributed by atoms with E-state index in [0.29, 0.717) is 0 Å². The largest absolute Gasteiger partial charge is 0.271 e. The van der Waals surface area contributed by atoms with Crippen molar-refractivity contribution in [2.24, 2.45) is 5.84 Å². The van der Waals surface area contributed by atoms with E-state index in [1.54, 1.807) is 0 Å². The lowest BCUT2D eigenvalue weighted by atomic mass is 9.99. The molecule has 2 aromatic rings. The van der Waals surface area contributed by atoms with Crippen LogP contribution in [0.2, 0.25) is 5.02 Å². The molecule has 2 nitrogen and oxygen atoms in total. The Bertz CT molecular complexity index is 619. The van der Waals surface area contributed by atoms with Gasteiger partial charge in [0.25, 0.3) is 0 Å². The van der Waals surface area contributed by atoms with Crippen molar-refractivity contribution >= 4 is 50.1 Å². The van der Waals surface area contributed by atoms with Gasteiger partial charge in [0.1, 0.15) is 0 Å². The second-order valence-corrected chi connectivity index (χ2v) is 7.19. The fraction of sp³-hybridized carbons (Fsp3) is 0.200. The molecule has 2 rings (SSSR count). The lowest BCUT2D eigenvalue weighted by molar-refractivity contribution is 0.550. The zero-order valence-corrected chi connectivity index (χ0v) is 15.5. The zero-order valence-electron chi connectivity index (χ0n) is 11.0. The Morgan fingerprint density at radius 1 is 1.30 bits per heavy atom. The molecule has 20 heavy (non-hydrogen) atoms. The van der Waals surface area contributed by atoms with Crippen LogP contribution < -0.4 is 11.3 Å². The lowest BCUT2D eigenvalue weighted by Gasteiger charge is -2.19. The molecule has 1 atom stereocenters. The maximum Gasteiger partial charge on any atom is 0.0512 e. The first-order valence-corrected chi connectivity index (χ1v) is 8.42. The molecule has 1 unspecified atom stereocenters. The van der Waals surface area contributed by atoms with Crippen molar-refractivity contribution in [1.29, 1.82) is 0 Å². The van der Waals surface area contributed by atoms with Crippen molar-refractivity contribution in [2.75, 3.05) is 0 Å². The molecule has 0 radical (unpaired) electrons. The van der Waals surface area contributed by atoms with E-state index in [9.17, 15) is 0 Å². The number of halogens is 3. The number of nitrogens with one attached hydrogen (secondary N) is 1. The topological polar surface area (TPSA) is 38.0 Å². The number of hydrogen-bond donors (Lipinski definition) is 2. The Morgan fingerprint density at radius 3 is 2.70 bits per heavy atom. The minimum Gasteiger partial charge on any atom is -0.271 e. The molecule has 0 aromatic heterocycles. The van der Waals surface area contributed by atoms with Gasteiger partial charge in [-0.3, -0.25) is 11.3 Å². The van der Waals surface area contributed by atoms with E-state index in [4.69, 9.17) is 17.4 Å². The third-order valence-electron chi connectivity index (χ3n) is 3.17. The van der Waals surface area contributed by atoms with E-state index < -0.39 is 0 Å². The van der Waals surface area contributed by atoms with Crippen LogP contribution in [-0.2, 0) is 6.42 Å². The average Bonchev–Trinajstić information content (AvgIpc) is 2.41. The predicted molar refractivity (Wildman–Crippen MR) is 96.8 cm³/mol. The third kappa shape index (κ3) is 3.95. The summed E-state index contributed by atoms with van der Waals surface area (Å²) in [6.45, 7) is 2.03. The van der Waals surface area contributed by atoms with Crippen LogP contribution in [0.3, 0.4) is 0 Å². The standard InChI is InChI=1S/C15H15BrClIN2/c1-9-2-3-10(14(17)6-9)7-15(20-19)12-8-11(18)4-5-13(12)16/h2-6,8,15,20H,7,19H2,1H3. The fourth-order valence-corrected chi connectivity index (χ4v) is 3.43. The first-order valence-electron chi connectivity index (χ1n) is 6.17. The zero-order chi connectivity index (χ0) is 14.7. The van der Waals surface area contributed by atoms with Crippen molar-refractivity contribution in [1.82, 2.24) is 5.43 Å². The van der Waals surface area contributed by atoms with Crippen LogP contribution >= 0.6 is 50.1 Å². The number of rotatable bonds is 4. The highest BCUT2D eigenvalue weighted by atomic mass is 127. The van der Waals surface area contributed by atoms with Crippen LogP contribution in [0.15, 0.2) is 40.9 Å². The van der Waals surface area contributed by atoms with Gasteiger partial charge in [-0.1, -0.05) is 39.7 Å². The second-order valence-electron chi connectivity index (χ2n) is 4.68. The van der Waals surface area contributed by atoms with Gasteiger partial charge in [0, 0.05) is 13.1 Å². The molecule has 0 aliphatic heterocycles. The highest BCUT2D eigenvalue weighted by Gasteiger charge is 2.15. The first kappa shape index (κ1) is 16.2. The highest BCUT2D eigenvalue weighted by molar-refractivity contribution is 14.1. The third-order valence-corrected chi connectivity index (χ3v) is 4.91. The van der Waals surface area contributed by atoms with E-state index in [2.05, 4.69) is 68.2 Å². The quantitative estimate of drug-likeness (QED) is 0.388.